The Kier molecular flexibility index (Phi) is 4.41. The summed E-state index contributed by atoms with van der Waals surface area (Å²) >= 11 is 1.69. The monoisotopic (exact) mass is 316 g/mol. The van der Waals surface area contributed by atoms with Crippen LogP contribution >= 0.6 is 11.8 Å². The third-order valence-electron chi connectivity index (χ3n) is 4.14. The standard InChI is InChI=1S/C18H21FN2S/c1-12-5-3-7-16(19)15(12)11-22-18-14(13-9-10-13)6-4-8-17(18)21(2)20/h3-8,13H,9-11,20H2,1-2H3. The average Bonchev–Trinajstić information content (AvgIpc) is 3.31. The van der Waals surface area contributed by atoms with Crippen molar-refractivity contribution in [1.82, 2.24) is 0 Å². The Balaban J connectivity index is 1.91. The Morgan fingerprint density at radius 3 is 2.59 bits per heavy atom. The van der Waals surface area contributed by atoms with E-state index < -0.39 is 0 Å². The van der Waals surface area contributed by atoms with E-state index in [0.717, 1.165) is 16.8 Å². The Labute approximate surface area is 135 Å². The van der Waals surface area contributed by atoms with E-state index in [-0.39, 0.29) is 5.82 Å². The van der Waals surface area contributed by atoms with Crippen molar-refractivity contribution in [3.8, 4) is 0 Å². The molecule has 2 nitrogen and oxygen atoms in total. The SMILES string of the molecule is Cc1cccc(F)c1CSc1c(C2CC2)cccc1N(C)N. The fraction of sp³-hybridized carbons (Fsp3) is 0.333. The molecule has 0 spiro atoms. The molecule has 3 rings (SSSR count). The van der Waals surface area contributed by atoms with Crippen molar-refractivity contribution < 1.29 is 4.39 Å². The number of anilines is 1. The van der Waals surface area contributed by atoms with Crippen LogP contribution < -0.4 is 10.9 Å². The van der Waals surface area contributed by atoms with Crippen molar-refractivity contribution in [3.05, 3.63) is 58.9 Å². The van der Waals surface area contributed by atoms with Crippen LogP contribution in [0, 0.1) is 12.7 Å². The number of benzene rings is 2. The highest BCUT2D eigenvalue weighted by atomic mass is 32.2. The predicted molar refractivity (Wildman–Crippen MR) is 91.7 cm³/mol. The molecule has 0 amide bonds. The first-order chi connectivity index (χ1) is 10.6. The van der Waals surface area contributed by atoms with Gasteiger partial charge in [0.25, 0.3) is 0 Å². The molecule has 2 aromatic carbocycles. The molecule has 1 saturated carbocycles. The molecule has 22 heavy (non-hydrogen) atoms. The molecule has 0 heterocycles. The molecule has 1 aliphatic rings. The summed E-state index contributed by atoms with van der Waals surface area (Å²) in [6.45, 7) is 1.96. The van der Waals surface area contributed by atoms with Gasteiger partial charge in [-0.15, -0.1) is 11.8 Å². The largest absolute Gasteiger partial charge is 0.313 e. The van der Waals surface area contributed by atoms with Gasteiger partial charge in [-0.1, -0.05) is 24.3 Å². The van der Waals surface area contributed by atoms with E-state index in [1.807, 2.05) is 26.1 Å². The number of nitrogens with two attached hydrogens (primary N) is 1. The van der Waals surface area contributed by atoms with E-state index in [0.29, 0.717) is 11.7 Å². The van der Waals surface area contributed by atoms with Gasteiger partial charge < -0.3 is 5.01 Å². The number of nitrogens with zero attached hydrogens (tertiary/aromatic N) is 1. The smallest absolute Gasteiger partial charge is 0.127 e. The Bertz CT molecular complexity index is 640. The molecule has 1 fully saturated rings. The first-order valence-corrected chi connectivity index (χ1v) is 8.54. The zero-order valence-corrected chi connectivity index (χ0v) is 13.8. The molecule has 4 heteroatoms. The van der Waals surface area contributed by atoms with Gasteiger partial charge in [-0.3, -0.25) is 0 Å². The molecule has 2 aromatic rings. The summed E-state index contributed by atoms with van der Waals surface area (Å²) in [5.41, 5.74) is 4.15. The lowest BCUT2D eigenvalue weighted by Gasteiger charge is -2.20. The van der Waals surface area contributed by atoms with Gasteiger partial charge in [-0.2, -0.15) is 0 Å². The molecule has 0 bridgehead atoms. The molecular weight excluding hydrogens is 295 g/mol. The fourth-order valence-electron chi connectivity index (χ4n) is 2.69. The summed E-state index contributed by atoms with van der Waals surface area (Å²) < 4.78 is 14.0. The second-order valence-electron chi connectivity index (χ2n) is 5.90. The lowest BCUT2D eigenvalue weighted by atomic mass is 10.1. The van der Waals surface area contributed by atoms with E-state index in [2.05, 4.69) is 12.1 Å². The Morgan fingerprint density at radius 2 is 1.95 bits per heavy atom. The van der Waals surface area contributed by atoms with Gasteiger partial charge >= 0.3 is 0 Å². The van der Waals surface area contributed by atoms with Crippen LogP contribution in [0.15, 0.2) is 41.3 Å². The van der Waals surface area contributed by atoms with Gasteiger partial charge in [-0.05, 0) is 48.9 Å². The van der Waals surface area contributed by atoms with Gasteiger partial charge in [0.2, 0.25) is 0 Å². The van der Waals surface area contributed by atoms with Gasteiger partial charge in [0.05, 0.1) is 5.69 Å². The number of hydrogen-bond donors (Lipinski definition) is 1. The van der Waals surface area contributed by atoms with Crippen LogP contribution in [0.1, 0.15) is 35.4 Å². The van der Waals surface area contributed by atoms with Crippen molar-refractivity contribution in [3.63, 3.8) is 0 Å². The maximum Gasteiger partial charge on any atom is 0.127 e. The minimum Gasteiger partial charge on any atom is -0.313 e. The van der Waals surface area contributed by atoms with Crippen LogP contribution in [0.3, 0.4) is 0 Å². The average molecular weight is 316 g/mol. The van der Waals surface area contributed by atoms with Crippen LogP contribution in [-0.2, 0) is 5.75 Å². The number of hydrogen-bond acceptors (Lipinski definition) is 3. The summed E-state index contributed by atoms with van der Waals surface area (Å²) in [5.74, 6) is 7.12. The topological polar surface area (TPSA) is 29.3 Å². The highest BCUT2D eigenvalue weighted by molar-refractivity contribution is 7.98. The van der Waals surface area contributed by atoms with Gasteiger partial charge in [0.15, 0.2) is 0 Å². The van der Waals surface area contributed by atoms with Gasteiger partial charge in [0, 0.05) is 23.3 Å². The number of rotatable bonds is 5. The third-order valence-corrected chi connectivity index (χ3v) is 5.30. The van der Waals surface area contributed by atoms with E-state index in [1.165, 1.54) is 29.4 Å². The van der Waals surface area contributed by atoms with Crippen molar-refractivity contribution in [2.75, 3.05) is 12.1 Å². The Morgan fingerprint density at radius 1 is 1.23 bits per heavy atom. The molecule has 0 unspecified atom stereocenters. The van der Waals surface area contributed by atoms with E-state index in [4.69, 9.17) is 5.84 Å². The normalized spacial score (nSPS) is 14.2. The predicted octanol–water partition coefficient (Wildman–Crippen LogP) is 4.61. The number of hydrazine groups is 1. The third kappa shape index (κ3) is 3.13. The van der Waals surface area contributed by atoms with E-state index in [9.17, 15) is 4.39 Å². The lowest BCUT2D eigenvalue weighted by molar-refractivity contribution is 0.615. The lowest BCUT2D eigenvalue weighted by Crippen LogP contribution is -2.25. The van der Waals surface area contributed by atoms with Gasteiger partial charge in [0.1, 0.15) is 5.82 Å². The van der Waals surface area contributed by atoms with Crippen LogP contribution in [0.4, 0.5) is 10.1 Å². The molecule has 0 saturated heterocycles. The maximum atomic E-state index is 14.0. The second-order valence-corrected chi connectivity index (χ2v) is 6.89. The highest BCUT2D eigenvalue weighted by Gasteiger charge is 2.27. The highest BCUT2D eigenvalue weighted by Crippen LogP contribution is 2.47. The summed E-state index contributed by atoms with van der Waals surface area (Å²) in [4.78, 5) is 1.19. The van der Waals surface area contributed by atoms with Crippen molar-refractivity contribution in [2.45, 2.75) is 36.3 Å². The van der Waals surface area contributed by atoms with E-state index in [1.54, 1.807) is 22.8 Å². The quantitative estimate of drug-likeness (QED) is 0.496. The molecule has 0 atom stereocenters. The first-order valence-electron chi connectivity index (χ1n) is 7.56. The molecule has 2 N–H and O–H groups in total. The summed E-state index contributed by atoms with van der Waals surface area (Å²) in [5, 5.41) is 1.66. The van der Waals surface area contributed by atoms with Crippen LogP contribution in [0.25, 0.3) is 0 Å². The Hall–Kier alpha value is -1.52. The van der Waals surface area contributed by atoms with Crippen molar-refractivity contribution in [1.29, 1.82) is 0 Å². The first kappa shape index (κ1) is 15.4. The van der Waals surface area contributed by atoms with Crippen LogP contribution in [0.5, 0.6) is 0 Å². The number of halogens is 1. The van der Waals surface area contributed by atoms with Crippen molar-refractivity contribution >= 4 is 17.4 Å². The zero-order chi connectivity index (χ0) is 15.7. The van der Waals surface area contributed by atoms with Crippen molar-refractivity contribution in [2.24, 2.45) is 5.84 Å². The van der Waals surface area contributed by atoms with Crippen LogP contribution in [0.2, 0.25) is 0 Å². The summed E-state index contributed by atoms with van der Waals surface area (Å²) in [6.07, 6.45) is 2.48. The zero-order valence-electron chi connectivity index (χ0n) is 13.0. The molecule has 0 aromatic heterocycles. The number of thioether (sulfide) groups is 1. The molecule has 1 aliphatic carbocycles. The summed E-state index contributed by atoms with van der Waals surface area (Å²) in [6, 6.07) is 11.5. The minimum absolute atomic E-state index is 0.126. The fourth-order valence-corrected chi connectivity index (χ4v) is 4.10. The van der Waals surface area contributed by atoms with Crippen LogP contribution in [-0.4, -0.2) is 7.05 Å². The molecule has 116 valence electrons. The molecular formula is C18H21FN2S. The summed E-state index contributed by atoms with van der Waals surface area (Å²) in [7, 11) is 1.85. The molecule has 0 radical (unpaired) electrons. The second kappa shape index (κ2) is 6.31. The maximum absolute atomic E-state index is 14.0. The molecule has 0 aliphatic heterocycles. The van der Waals surface area contributed by atoms with E-state index >= 15 is 0 Å². The number of aryl methyl sites for hydroxylation is 1. The minimum atomic E-state index is -0.126. The van der Waals surface area contributed by atoms with Gasteiger partial charge in [-0.25, -0.2) is 10.2 Å².